The van der Waals surface area contributed by atoms with E-state index in [0.29, 0.717) is 0 Å². The molecule has 0 aliphatic carbocycles. The molecule has 1 saturated heterocycles. The van der Waals surface area contributed by atoms with Gasteiger partial charge in [-0.2, -0.15) is 0 Å². The molecule has 0 aromatic heterocycles. The van der Waals surface area contributed by atoms with Crippen LogP contribution in [0.5, 0.6) is 0 Å². The third-order valence-corrected chi connectivity index (χ3v) is 3.14. The maximum Gasteiger partial charge on any atom is 0.269 e. The van der Waals surface area contributed by atoms with E-state index in [-0.39, 0.29) is 22.6 Å². The smallest absolute Gasteiger partial charge is 0.269 e. The highest BCUT2D eigenvalue weighted by Crippen LogP contribution is 2.24. The molecule has 0 bridgehead atoms. The van der Waals surface area contributed by atoms with Gasteiger partial charge in [0.15, 0.2) is 0 Å². The number of non-ortho nitro benzene ring substituents is 1. The molecule has 2 rings (SSSR count). The lowest BCUT2D eigenvalue weighted by molar-refractivity contribution is -0.384. The summed E-state index contributed by atoms with van der Waals surface area (Å²) in [7, 11) is 0. The molecule has 5 nitrogen and oxygen atoms in total. The van der Waals surface area contributed by atoms with Gasteiger partial charge in [0.2, 0.25) is 0 Å². The number of nitro groups is 1. The molecule has 92 valence electrons. The number of hydrogen-bond donors (Lipinski definition) is 1. The molecule has 17 heavy (non-hydrogen) atoms. The van der Waals surface area contributed by atoms with E-state index in [1.54, 1.807) is 24.3 Å². The largest absolute Gasteiger partial charge is 0.375 e. The van der Waals surface area contributed by atoms with Crippen LogP contribution in [-0.2, 0) is 4.74 Å². The lowest BCUT2D eigenvalue weighted by Crippen LogP contribution is -2.41. The molecule has 1 aromatic carbocycles. The summed E-state index contributed by atoms with van der Waals surface area (Å²) in [4.78, 5) is 10.2. The Balaban J connectivity index is 2.07. The third kappa shape index (κ3) is 2.81. The summed E-state index contributed by atoms with van der Waals surface area (Å²) in [5, 5.41) is 13.8. The number of rotatable bonds is 3. The van der Waals surface area contributed by atoms with Crippen molar-refractivity contribution in [2.45, 2.75) is 18.9 Å². The maximum atomic E-state index is 10.6. The van der Waals surface area contributed by atoms with E-state index in [1.165, 1.54) is 0 Å². The van der Waals surface area contributed by atoms with Gasteiger partial charge in [0, 0.05) is 31.1 Å². The van der Waals surface area contributed by atoms with E-state index in [1.807, 2.05) is 0 Å². The predicted molar refractivity (Wildman–Crippen MR) is 64.1 cm³/mol. The zero-order valence-electron chi connectivity index (χ0n) is 9.76. The average molecular weight is 236 g/mol. The fourth-order valence-electron chi connectivity index (χ4n) is 2.02. The van der Waals surface area contributed by atoms with Crippen molar-refractivity contribution in [3.05, 3.63) is 39.9 Å². The first-order chi connectivity index (χ1) is 8.18. The molecule has 0 radical (unpaired) electrons. The number of hydrogen-bond acceptors (Lipinski definition) is 4. The Morgan fingerprint density at radius 3 is 2.71 bits per heavy atom. The molecule has 1 N–H and O–H groups in total. The zero-order chi connectivity index (χ0) is 12.3. The fourth-order valence-corrected chi connectivity index (χ4v) is 2.02. The molecule has 0 spiro atoms. The number of nitro benzene ring substituents is 1. The minimum atomic E-state index is -0.382. The highest BCUT2D eigenvalue weighted by molar-refractivity contribution is 5.34. The van der Waals surface area contributed by atoms with Gasteiger partial charge in [-0.15, -0.1) is 0 Å². The van der Waals surface area contributed by atoms with Gasteiger partial charge in [-0.1, -0.05) is 19.1 Å². The molecule has 2 atom stereocenters. The Bertz CT molecular complexity index is 385. The molecular weight excluding hydrogens is 220 g/mol. The molecule has 1 aromatic rings. The second-order valence-corrected chi connectivity index (χ2v) is 4.25. The quantitative estimate of drug-likeness (QED) is 0.640. The molecule has 0 saturated carbocycles. The number of nitrogens with zero attached hydrogens (tertiary/aromatic N) is 1. The summed E-state index contributed by atoms with van der Waals surface area (Å²) in [5.41, 5.74) is 1.20. The SMILES string of the molecule is CC(c1ccc([N+](=O)[O-])cc1)C1CNCCO1. The topological polar surface area (TPSA) is 64.4 Å². The average Bonchev–Trinajstić information content (AvgIpc) is 2.39. The van der Waals surface area contributed by atoms with Crippen LogP contribution in [0.15, 0.2) is 24.3 Å². The Hall–Kier alpha value is -1.46. The van der Waals surface area contributed by atoms with Crippen LogP contribution in [-0.4, -0.2) is 30.7 Å². The van der Waals surface area contributed by atoms with Crippen LogP contribution in [0.3, 0.4) is 0 Å². The van der Waals surface area contributed by atoms with Crippen LogP contribution in [0.1, 0.15) is 18.4 Å². The van der Waals surface area contributed by atoms with Crippen molar-refractivity contribution in [1.29, 1.82) is 0 Å². The van der Waals surface area contributed by atoms with Crippen molar-refractivity contribution in [3.63, 3.8) is 0 Å². The fraction of sp³-hybridized carbons (Fsp3) is 0.500. The first-order valence-electron chi connectivity index (χ1n) is 5.75. The van der Waals surface area contributed by atoms with Gasteiger partial charge >= 0.3 is 0 Å². The summed E-state index contributed by atoms with van der Waals surface area (Å²) >= 11 is 0. The minimum Gasteiger partial charge on any atom is -0.375 e. The molecule has 1 heterocycles. The Morgan fingerprint density at radius 2 is 2.18 bits per heavy atom. The summed E-state index contributed by atoms with van der Waals surface area (Å²) in [6.07, 6.45) is 0.144. The molecule has 5 heteroatoms. The van der Waals surface area contributed by atoms with Crippen molar-refractivity contribution in [2.75, 3.05) is 19.7 Å². The van der Waals surface area contributed by atoms with Crippen molar-refractivity contribution >= 4 is 5.69 Å². The number of nitrogens with one attached hydrogen (secondary N) is 1. The lowest BCUT2D eigenvalue weighted by Gasteiger charge is -2.29. The van der Waals surface area contributed by atoms with Gasteiger partial charge in [-0.3, -0.25) is 10.1 Å². The van der Waals surface area contributed by atoms with Crippen molar-refractivity contribution in [3.8, 4) is 0 Å². The minimum absolute atomic E-state index is 0.128. The van der Waals surface area contributed by atoms with Crippen molar-refractivity contribution in [1.82, 2.24) is 5.32 Å². The Labute approximate surface area is 99.9 Å². The highest BCUT2D eigenvalue weighted by atomic mass is 16.6. The number of morpholine rings is 1. The van der Waals surface area contributed by atoms with E-state index in [9.17, 15) is 10.1 Å². The van der Waals surface area contributed by atoms with E-state index >= 15 is 0 Å². The summed E-state index contributed by atoms with van der Waals surface area (Å²) in [5.74, 6) is 0.239. The Kier molecular flexibility index (Phi) is 3.71. The molecule has 1 aliphatic heterocycles. The van der Waals surface area contributed by atoms with Crippen molar-refractivity contribution in [2.24, 2.45) is 0 Å². The van der Waals surface area contributed by atoms with Crippen LogP contribution < -0.4 is 5.32 Å². The molecule has 1 aliphatic rings. The first-order valence-corrected chi connectivity index (χ1v) is 5.75. The van der Waals surface area contributed by atoms with Crippen molar-refractivity contribution < 1.29 is 9.66 Å². The molecule has 2 unspecified atom stereocenters. The molecule has 1 fully saturated rings. The number of ether oxygens (including phenoxy) is 1. The van der Waals surface area contributed by atoms with Gasteiger partial charge in [0.05, 0.1) is 17.6 Å². The van der Waals surface area contributed by atoms with Crippen LogP contribution in [0.25, 0.3) is 0 Å². The van der Waals surface area contributed by atoms with Crippen LogP contribution in [0, 0.1) is 10.1 Å². The summed E-state index contributed by atoms with van der Waals surface area (Å²) in [6, 6.07) is 6.70. The van der Waals surface area contributed by atoms with E-state index < -0.39 is 0 Å². The molecule has 0 amide bonds. The van der Waals surface area contributed by atoms with Gasteiger partial charge in [0.1, 0.15) is 0 Å². The van der Waals surface area contributed by atoms with E-state index in [4.69, 9.17) is 4.74 Å². The standard InChI is InChI=1S/C12H16N2O3/c1-9(12-8-13-6-7-17-12)10-2-4-11(5-3-10)14(15)16/h2-5,9,12-13H,6-8H2,1H3. The van der Waals surface area contributed by atoms with Gasteiger partial charge in [-0.05, 0) is 5.56 Å². The van der Waals surface area contributed by atoms with Crippen LogP contribution in [0.4, 0.5) is 5.69 Å². The van der Waals surface area contributed by atoms with Gasteiger partial charge < -0.3 is 10.1 Å². The second kappa shape index (κ2) is 5.25. The first kappa shape index (κ1) is 12.0. The number of benzene rings is 1. The Morgan fingerprint density at radius 1 is 1.47 bits per heavy atom. The van der Waals surface area contributed by atoms with Crippen LogP contribution >= 0.6 is 0 Å². The normalized spacial score (nSPS) is 22.1. The monoisotopic (exact) mass is 236 g/mol. The van der Waals surface area contributed by atoms with E-state index in [2.05, 4.69) is 12.2 Å². The predicted octanol–water partition coefficient (Wildman–Crippen LogP) is 1.69. The second-order valence-electron chi connectivity index (χ2n) is 4.25. The lowest BCUT2D eigenvalue weighted by atomic mass is 9.94. The zero-order valence-corrected chi connectivity index (χ0v) is 9.76. The van der Waals surface area contributed by atoms with Gasteiger partial charge in [-0.25, -0.2) is 0 Å². The van der Waals surface area contributed by atoms with Gasteiger partial charge in [0.25, 0.3) is 5.69 Å². The van der Waals surface area contributed by atoms with E-state index in [0.717, 1.165) is 25.3 Å². The summed E-state index contributed by atoms with van der Waals surface area (Å²) < 4.78 is 5.68. The van der Waals surface area contributed by atoms with Crippen LogP contribution in [0.2, 0.25) is 0 Å². The highest BCUT2D eigenvalue weighted by Gasteiger charge is 2.22. The summed E-state index contributed by atoms with van der Waals surface area (Å²) in [6.45, 7) is 4.53. The maximum absolute atomic E-state index is 10.6. The molecular formula is C12H16N2O3. The third-order valence-electron chi connectivity index (χ3n) is 3.14.